The van der Waals surface area contributed by atoms with Gasteiger partial charge in [0, 0.05) is 31.0 Å². The van der Waals surface area contributed by atoms with Crippen LogP contribution in [0.15, 0.2) is 48.5 Å². The molecule has 8 N–H and O–H groups in total. The number of nitrogens with one attached hydrogen (secondary N) is 2. The summed E-state index contributed by atoms with van der Waals surface area (Å²) in [6.45, 7) is 6.05. The second-order valence-corrected chi connectivity index (χ2v) is 12.6. The maximum atomic E-state index is 13.6. The minimum atomic E-state index is -0.918. The Bertz CT molecular complexity index is 1250. The van der Waals surface area contributed by atoms with Crippen molar-refractivity contribution in [2.75, 3.05) is 0 Å². The van der Waals surface area contributed by atoms with E-state index >= 15 is 0 Å². The van der Waals surface area contributed by atoms with Crippen molar-refractivity contribution in [2.24, 2.45) is 17.2 Å². The van der Waals surface area contributed by atoms with E-state index in [0.717, 1.165) is 28.6 Å². The van der Waals surface area contributed by atoms with Crippen LogP contribution in [-0.2, 0) is 37.5 Å². The number of Topliss-reactive ketones (excluding diaryl/α,β-unsaturated/α-hetero) is 1. The van der Waals surface area contributed by atoms with E-state index in [1.165, 1.54) is 0 Å². The molecule has 5 atom stereocenters. The number of carbonyl (C=O) groups excluding carboxylic acids is 3. The maximum absolute atomic E-state index is 13.6. The lowest BCUT2D eigenvalue weighted by Crippen LogP contribution is -2.50. The molecule has 10 heteroatoms. The van der Waals surface area contributed by atoms with E-state index in [-0.39, 0.29) is 61.6 Å². The quantitative estimate of drug-likeness (QED) is 0.239. The Kier molecular flexibility index (Phi) is 10.6. The Morgan fingerprint density at radius 1 is 1.00 bits per heavy atom. The van der Waals surface area contributed by atoms with Crippen molar-refractivity contribution in [1.29, 1.82) is 0 Å². The molecule has 0 spiro atoms. The zero-order chi connectivity index (χ0) is 30.4. The highest BCUT2D eigenvalue weighted by Crippen LogP contribution is 2.30. The van der Waals surface area contributed by atoms with Gasteiger partial charge in [-0.2, -0.15) is 0 Å². The third-order valence-electron chi connectivity index (χ3n) is 8.49. The summed E-state index contributed by atoms with van der Waals surface area (Å²) >= 11 is 0. The van der Waals surface area contributed by atoms with E-state index < -0.39 is 18.0 Å². The Morgan fingerprint density at radius 2 is 1.69 bits per heavy atom. The van der Waals surface area contributed by atoms with Crippen molar-refractivity contribution in [3.05, 3.63) is 65.2 Å². The normalized spacial score (nSPS) is 22.6. The van der Waals surface area contributed by atoms with Gasteiger partial charge in [-0.05, 0) is 74.5 Å². The van der Waals surface area contributed by atoms with Crippen molar-refractivity contribution in [3.63, 3.8) is 0 Å². The molecule has 1 aliphatic heterocycles. The molecule has 0 aromatic heterocycles. The highest BCUT2D eigenvalue weighted by Gasteiger charge is 2.37. The van der Waals surface area contributed by atoms with Crippen LogP contribution < -0.4 is 33.3 Å². The largest absolute Gasteiger partial charge is 0.422 e. The zero-order valence-corrected chi connectivity index (χ0v) is 25.1. The monoisotopic (exact) mass is 575 g/mol. The van der Waals surface area contributed by atoms with E-state index in [1.807, 2.05) is 69.2 Å². The van der Waals surface area contributed by atoms with Crippen LogP contribution in [0.5, 0.6) is 0 Å². The van der Waals surface area contributed by atoms with Crippen LogP contribution in [-0.4, -0.2) is 54.7 Å². The summed E-state index contributed by atoms with van der Waals surface area (Å²) in [5.41, 5.74) is 22.1. The predicted molar refractivity (Wildman–Crippen MR) is 166 cm³/mol. The van der Waals surface area contributed by atoms with Gasteiger partial charge in [0.15, 0.2) is 5.78 Å². The molecule has 2 aromatic carbocycles. The Hall–Kier alpha value is -3.05. The first-order chi connectivity index (χ1) is 19.9. The average molecular weight is 576 g/mol. The first-order valence-corrected chi connectivity index (χ1v) is 15.2. The van der Waals surface area contributed by atoms with Crippen molar-refractivity contribution in [1.82, 2.24) is 10.6 Å². The summed E-state index contributed by atoms with van der Waals surface area (Å²) in [7, 11) is 0. The van der Waals surface area contributed by atoms with Crippen LogP contribution in [0.25, 0.3) is 0 Å². The number of amides is 2. The lowest BCUT2D eigenvalue weighted by Gasteiger charge is -2.31. The van der Waals surface area contributed by atoms with Gasteiger partial charge >= 0.3 is 6.92 Å². The highest BCUT2D eigenvalue weighted by atomic mass is 16.5. The lowest BCUT2D eigenvalue weighted by molar-refractivity contribution is -0.129. The van der Waals surface area contributed by atoms with Crippen LogP contribution >= 0.6 is 0 Å². The molecule has 2 amide bonds. The molecule has 2 aromatic rings. The molecule has 4 rings (SSSR count). The van der Waals surface area contributed by atoms with Crippen molar-refractivity contribution in [2.45, 2.75) is 108 Å². The van der Waals surface area contributed by atoms with E-state index in [4.69, 9.17) is 21.9 Å². The molecule has 0 radical (unpaired) electrons. The Labute approximate surface area is 249 Å². The number of nitrogens with two attached hydrogens (primary N) is 3. The molecule has 42 heavy (non-hydrogen) atoms. The summed E-state index contributed by atoms with van der Waals surface area (Å²) in [5, 5.41) is 5.87. The number of fused-ring (bicyclic) bond motifs is 1. The van der Waals surface area contributed by atoms with Gasteiger partial charge in [0.05, 0.1) is 17.7 Å². The first-order valence-electron chi connectivity index (χ1n) is 15.2. The number of ketones is 1. The second-order valence-electron chi connectivity index (χ2n) is 12.6. The molecule has 1 fully saturated rings. The van der Waals surface area contributed by atoms with Crippen LogP contribution in [0.4, 0.5) is 0 Å². The molecular weight excluding hydrogens is 529 g/mol. The third-order valence-corrected chi connectivity index (χ3v) is 8.49. The number of aryl methyl sites for hydroxylation is 1. The number of benzene rings is 2. The molecule has 1 saturated carbocycles. The molecule has 0 bridgehead atoms. The van der Waals surface area contributed by atoms with Gasteiger partial charge in [-0.1, -0.05) is 55.4 Å². The van der Waals surface area contributed by atoms with Crippen molar-refractivity contribution < 1.29 is 19.0 Å². The van der Waals surface area contributed by atoms with Gasteiger partial charge in [0.1, 0.15) is 0 Å². The summed E-state index contributed by atoms with van der Waals surface area (Å²) in [5.74, 6) is -0.701. The van der Waals surface area contributed by atoms with Gasteiger partial charge in [-0.3, -0.25) is 14.4 Å². The number of hydrogen-bond acceptors (Lipinski definition) is 7. The lowest BCUT2D eigenvalue weighted by atomic mass is 9.63. The van der Waals surface area contributed by atoms with Crippen LogP contribution in [0, 0.1) is 0 Å². The summed E-state index contributed by atoms with van der Waals surface area (Å²) < 4.78 is 6.09. The Morgan fingerprint density at radius 3 is 2.38 bits per heavy atom. The van der Waals surface area contributed by atoms with Gasteiger partial charge in [-0.25, -0.2) is 0 Å². The van der Waals surface area contributed by atoms with Gasteiger partial charge in [-0.15, -0.1) is 0 Å². The fourth-order valence-corrected chi connectivity index (χ4v) is 6.29. The van der Waals surface area contributed by atoms with Crippen molar-refractivity contribution in [3.8, 4) is 0 Å². The molecule has 2 aliphatic rings. The highest BCUT2D eigenvalue weighted by molar-refractivity contribution is 6.67. The smallest absolute Gasteiger partial charge is 0.325 e. The van der Waals surface area contributed by atoms with E-state index in [9.17, 15) is 14.4 Å². The fourth-order valence-electron chi connectivity index (χ4n) is 6.29. The standard InChI is InChI=1S/C32H46BN5O4/c1-32(2)25-11-9-21(15-26(25)33(3)42-32)16-29(39)28(13-10-20-7-5-4-6-8-20)38-31(41)27(36)12-14-30(40)37-24-18-22(34)17-23(35)19-24/h4-9,11,15,22-24,27-28H,10,12-14,16-19,34-36H2,1-3H3,(H,37,40)(H,38,41)/t22-,23+,24?,27-,28+/m0/s1. The molecular formula is C32H46BN5O4. The maximum Gasteiger partial charge on any atom is 0.325 e. The zero-order valence-electron chi connectivity index (χ0n) is 25.1. The predicted octanol–water partition coefficient (Wildman–Crippen LogP) is 1.44. The second kappa shape index (κ2) is 14.0. The number of hydrogen-bond donors (Lipinski definition) is 5. The average Bonchev–Trinajstić information content (AvgIpc) is 3.16. The molecule has 9 nitrogen and oxygen atoms in total. The topological polar surface area (TPSA) is 163 Å². The van der Waals surface area contributed by atoms with E-state index in [0.29, 0.717) is 25.7 Å². The molecule has 1 unspecified atom stereocenters. The van der Waals surface area contributed by atoms with E-state index in [1.54, 1.807) is 0 Å². The van der Waals surface area contributed by atoms with E-state index in [2.05, 4.69) is 10.6 Å². The fraction of sp³-hybridized carbons (Fsp3) is 0.531. The number of carbonyl (C=O) groups is 3. The van der Waals surface area contributed by atoms with Crippen LogP contribution in [0.1, 0.15) is 69.1 Å². The molecule has 0 saturated heterocycles. The van der Waals surface area contributed by atoms with Crippen LogP contribution in [0.2, 0.25) is 6.82 Å². The van der Waals surface area contributed by atoms with Gasteiger partial charge in [0.25, 0.3) is 0 Å². The summed E-state index contributed by atoms with van der Waals surface area (Å²) in [6.07, 6.45) is 3.65. The van der Waals surface area contributed by atoms with Crippen LogP contribution in [0.3, 0.4) is 0 Å². The minimum Gasteiger partial charge on any atom is -0.422 e. The number of rotatable bonds is 12. The first kappa shape index (κ1) is 31.9. The minimum absolute atomic E-state index is 0.0298. The molecule has 226 valence electrons. The third kappa shape index (κ3) is 8.50. The van der Waals surface area contributed by atoms with Gasteiger partial charge in [0.2, 0.25) is 11.8 Å². The molecule has 1 heterocycles. The summed E-state index contributed by atoms with van der Waals surface area (Å²) in [6, 6.07) is 14.1. The van der Waals surface area contributed by atoms with Gasteiger partial charge < -0.3 is 32.5 Å². The summed E-state index contributed by atoms with van der Waals surface area (Å²) in [4.78, 5) is 39.2. The SMILES string of the molecule is CB1OC(C)(C)c2ccc(CC(=O)[C@@H](CCc3ccccc3)NC(=O)[C@@H](N)CCC(=O)NC3C[C@@H](N)C[C@@H](N)C3)cc21. The molecule has 1 aliphatic carbocycles. The Balaban J connectivity index is 1.36. The van der Waals surface area contributed by atoms with Crippen molar-refractivity contribution >= 4 is 30.0 Å².